The third-order valence-corrected chi connectivity index (χ3v) is 3.54. The Labute approximate surface area is 93.0 Å². The molecule has 1 fully saturated rings. The van der Waals surface area contributed by atoms with Crippen LogP contribution in [0.5, 0.6) is 0 Å². The van der Waals surface area contributed by atoms with Gasteiger partial charge >= 0.3 is 0 Å². The molecule has 0 bridgehead atoms. The van der Waals surface area contributed by atoms with Crippen molar-refractivity contribution in [3.05, 3.63) is 0 Å². The summed E-state index contributed by atoms with van der Waals surface area (Å²) < 4.78 is 0. The van der Waals surface area contributed by atoms with E-state index in [0.717, 1.165) is 19.4 Å². The molecule has 0 unspecified atom stereocenters. The highest BCUT2D eigenvalue weighted by Gasteiger charge is 2.36. The molecule has 0 aromatic heterocycles. The van der Waals surface area contributed by atoms with Gasteiger partial charge < -0.3 is 10.6 Å². The molecule has 3 heteroatoms. The first kappa shape index (κ1) is 12.5. The van der Waals surface area contributed by atoms with Crippen molar-refractivity contribution in [2.45, 2.75) is 46.0 Å². The molecular weight excluding hydrogens is 188 g/mol. The van der Waals surface area contributed by atoms with Crippen LogP contribution in [0, 0.1) is 5.41 Å². The molecule has 1 aliphatic rings. The summed E-state index contributed by atoms with van der Waals surface area (Å²) in [5.41, 5.74) is 5.41. The Balaban J connectivity index is 2.62. The summed E-state index contributed by atoms with van der Waals surface area (Å²) in [6.45, 7) is 6.19. The van der Waals surface area contributed by atoms with Crippen LogP contribution in [0.3, 0.4) is 0 Å². The molecule has 0 radical (unpaired) electrons. The van der Waals surface area contributed by atoms with Crippen LogP contribution in [-0.4, -0.2) is 30.4 Å². The summed E-state index contributed by atoms with van der Waals surface area (Å²) in [6.07, 6.45) is 5.77. The summed E-state index contributed by atoms with van der Waals surface area (Å²) >= 11 is 0. The zero-order valence-corrected chi connectivity index (χ0v) is 10.1. The average molecular weight is 212 g/mol. The van der Waals surface area contributed by atoms with Crippen molar-refractivity contribution >= 4 is 5.91 Å². The Morgan fingerprint density at radius 3 is 2.40 bits per heavy atom. The summed E-state index contributed by atoms with van der Waals surface area (Å²) in [5.74, 6) is 0.315. The maximum absolute atomic E-state index is 12.3. The maximum atomic E-state index is 12.3. The highest BCUT2D eigenvalue weighted by molar-refractivity contribution is 5.82. The molecule has 15 heavy (non-hydrogen) atoms. The monoisotopic (exact) mass is 212 g/mol. The van der Waals surface area contributed by atoms with Gasteiger partial charge in [0, 0.05) is 25.0 Å². The summed E-state index contributed by atoms with van der Waals surface area (Å²) in [5, 5.41) is 0. The van der Waals surface area contributed by atoms with E-state index in [1.165, 1.54) is 19.3 Å². The Hall–Kier alpha value is -0.570. The third kappa shape index (κ3) is 2.94. The molecule has 0 heterocycles. The minimum Gasteiger partial charge on any atom is -0.341 e. The second kappa shape index (κ2) is 5.50. The van der Waals surface area contributed by atoms with E-state index in [0.29, 0.717) is 19.0 Å². The van der Waals surface area contributed by atoms with Crippen LogP contribution in [0.2, 0.25) is 0 Å². The molecule has 2 N–H and O–H groups in total. The molecule has 1 saturated carbocycles. The van der Waals surface area contributed by atoms with Gasteiger partial charge in [0.05, 0.1) is 0 Å². The van der Waals surface area contributed by atoms with Gasteiger partial charge in [-0.15, -0.1) is 0 Å². The van der Waals surface area contributed by atoms with Gasteiger partial charge in [0.2, 0.25) is 5.91 Å². The van der Waals surface area contributed by atoms with Gasteiger partial charge in [0.25, 0.3) is 0 Å². The quantitative estimate of drug-likeness (QED) is 0.772. The largest absolute Gasteiger partial charge is 0.341 e. The molecule has 1 rings (SSSR count). The Morgan fingerprint density at radius 2 is 1.93 bits per heavy atom. The van der Waals surface area contributed by atoms with E-state index < -0.39 is 0 Å². The number of likely N-dealkylation sites (N-methyl/N-ethyl adjacent to an activating group) is 1. The second-order valence-electron chi connectivity index (χ2n) is 4.79. The fourth-order valence-electron chi connectivity index (χ4n) is 2.49. The van der Waals surface area contributed by atoms with Crippen molar-refractivity contribution in [2.24, 2.45) is 11.1 Å². The molecular formula is C12H24N2O. The minimum atomic E-state index is -0.108. The number of nitrogens with two attached hydrogens (primary N) is 1. The van der Waals surface area contributed by atoms with Gasteiger partial charge in [-0.05, 0) is 19.8 Å². The number of carbonyl (C=O) groups excluding carboxylic acids is 1. The van der Waals surface area contributed by atoms with Crippen LogP contribution < -0.4 is 5.73 Å². The molecule has 1 amide bonds. The topological polar surface area (TPSA) is 46.3 Å². The molecule has 3 nitrogen and oxygen atoms in total. The average Bonchev–Trinajstić information content (AvgIpc) is 2.26. The smallest absolute Gasteiger partial charge is 0.228 e. The predicted molar refractivity (Wildman–Crippen MR) is 62.5 cm³/mol. The van der Waals surface area contributed by atoms with Crippen LogP contribution in [0.1, 0.15) is 46.0 Å². The van der Waals surface area contributed by atoms with Crippen LogP contribution in [0.15, 0.2) is 0 Å². The van der Waals surface area contributed by atoms with Crippen molar-refractivity contribution in [1.29, 1.82) is 0 Å². The molecule has 1 aliphatic carbocycles. The standard InChI is InChI=1S/C12H24N2O/c1-3-14(10-9-13)11(15)12(2)7-5-4-6-8-12/h3-10,13H2,1-2H3. The Kier molecular flexibility index (Phi) is 4.58. The van der Waals surface area contributed by atoms with Crippen LogP contribution in [0.25, 0.3) is 0 Å². The number of hydrogen-bond acceptors (Lipinski definition) is 2. The summed E-state index contributed by atoms with van der Waals surface area (Å²) in [7, 11) is 0. The van der Waals surface area contributed by atoms with Crippen molar-refractivity contribution < 1.29 is 4.79 Å². The van der Waals surface area contributed by atoms with Crippen molar-refractivity contribution in [3.63, 3.8) is 0 Å². The lowest BCUT2D eigenvalue weighted by molar-refractivity contribution is -0.142. The highest BCUT2D eigenvalue weighted by atomic mass is 16.2. The molecule has 0 spiro atoms. The third-order valence-electron chi connectivity index (χ3n) is 3.54. The predicted octanol–water partition coefficient (Wildman–Crippen LogP) is 1.76. The Morgan fingerprint density at radius 1 is 1.33 bits per heavy atom. The number of carbonyl (C=O) groups is 1. The van der Waals surface area contributed by atoms with Gasteiger partial charge in [-0.3, -0.25) is 4.79 Å². The van der Waals surface area contributed by atoms with E-state index in [2.05, 4.69) is 6.92 Å². The summed E-state index contributed by atoms with van der Waals surface area (Å²) in [6, 6.07) is 0. The van der Waals surface area contributed by atoms with Gasteiger partial charge in [-0.25, -0.2) is 0 Å². The van der Waals surface area contributed by atoms with Gasteiger partial charge in [-0.2, -0.15) is 0 Å². The van der Waals surface area contributed by atoms with Crippen LogP contribution >= 0.6 is 0 Å². The van der Waals surface area contributed by atoms with Crippen molar-refractivity contribution in [3.8, 4) is 0 Å². The first-order valence-corrected chi connectivity index (χ1v) is 6.13. The Bertz CT molecular complexity index is 210. The van der Waals surface area contributed by atoms with E-state index in [4.69, 9.17) is 5.73 Å². The molecule has 0 saturated heterocycles. The zero-order chi connectivity index (χ0) is 11.3. The number of nitrogens with zero attached hydrogens (tertiary/aromatic N) is 1. The highest BCUT2D eigenvalue weighted by Crippen LogP contribution is 2.37. The zero-order valence-electron chi connectivity index (χ0n) is 10.1. The lowest BCUT2D eigenvalue weighted by Crippen LogP contribution is -2.45. The van der Waals surface area contributed by atoms with Crippen LogP contribution in [0.4, 0.5) is 0 Å². The van der Waals surface area contributed by atoms with Crippen molar-refractivity contribution in [2.75, 3.05) is 19.6 Å². The maximum Gasteiger partial charge on any atom is 0.228 e. The van der Waals surface area contributed by atoms with E-state index in [9.17, 15) is 4.79 Å². The van der Waals surface area contributed by atoms with Gasteiger partial charge in [-0.1, -0.05) is 26.2 Å². The SMILES string of the molecule is CCN(CCN)C(=O)C1(C)CCCCC1. The fraction of sp³-hybridized carbons (Fsp3) is 0.917. The molecule has 0 aliphatic heterocycles. The van der Waals surface area contributed by atoms with Gasteiger partial charge in [0.15, 0.2) is 0 Å². The number of hydrogen-bond donors (Lipinski definition) is 1. The minimum absolute atomic E-state index is 0.108. The van der Waals surface area contributed by atoms with E-state index in [1.54, 1.807) is 0 Å². The number of rotatable bonds is 4. The molecule has 0 aromatic carbocycles. The lowest BCUT2D eigenvalue weighted by atomic mass is 9.74. The molecule has 88 valence electrons. The first-order chi connectivity index (χ1) is 7.14. The van der Waals surface area contributed by atoms with E-state index >= 15 is 0 Å². The molecule has 0 aromatic rings. The van der Waals surface area contributed by atoms with E-state index in [1.807, 2.05) is 11.8 Å². The van der Waals surface area contributed by atoms with Gasteiger partial charge in [0.1, 0.15) is 0 Å². The second-order valence-corrected chi connectivity index (χ2v) is 4.79. The lowest BCUT2D eigenvalue weighted by Gasteiger charge is -2.36. The first-order valence-electron chi connectivity index (χ1n) is 6.13. The van der Waals surface area contributed by atoms with E-state index in [-0.39, 0.29) is 5.41 Å². The normalized spacial score (nSPS) is 19.9. The number of amides is 1. The van der Waals surface area contributed by atoms with Crippen molar-refractivity contribution in [1.82, 2.24) is 4.90 Å². The molecule has 0 atom stereocenters. The van der Waals surface area contributed by atoms with Crippen LogP contribution in [-0.2, 0) is 4.79 Å². The fourth-order valence-corrected chi connectivity index (χ4v) is 2.49. The summed E-state index contributed by atoms with van der Waals surface area (Å²) in [4.78, 5) is 14.2.